The number of carbonyl (C=O) groups excluding carboxylic acids is 2. The molecule has 1 aliphatic carbocycles. The van der Waals surface area contributed by atoms with Crippen molar-refractivity contribution in [2.75, 3.05) is 0 Å². The fraction of sp³-hybridized carbons (Fsp3) is 0.222. The standard InChI is InChI=1S/C27H23N3O2/c31-25(7-8-27-29-10-2-11-30-27)21-4-1-3-20(15-21)23-16-24(23)26(32)14-18-5-6-22-17-28-12-9-19(22)13-18/h1-6,9-13,15,17,23-24H,7-8,14,16H2/t23-,24+/m0/s1. The van der Waals surface area contributed by atoms with Gasteiger partial charge in [0.1, 0.15) is 11.6 Å². The second-order valence-corrected chi connectivity index (χ2v) is 8.36. The molecule has 4 aromatic rings. The van der Waals surface area contributed by atoms with Gasteiger partial charge in [0.15, 0.2) is 5.78 Å². The number of Topliss-reactive ketones (excluding diaryl/α,β-unsaturated/α-hetero) is 2. The average molecular weight is 422 g/mol. The summed E-state index contributed by atoms with van der Waals surface area (Å²) in [6, 6.07) is 17.6. The van der Waals surface area contributed by atoms with Crippen molar-refractivity contribution in [3.05, 3.63) is 102 Å². The molecule has 0 amide bonds. The van der Waals surface area contributed by atoms with Crippen LogP contribution in [0, 0.1) is 5.92 Å². The lowest BCUT2D eigenvalue weighted by atomic mass is 9.98. The van der Waals surface area contributed by atoms with E-state index in [0.29, 0.717) is 30.7 Å². The van der Waals surface area contributed by atoms with Crippen molar-refractivity contribution in [2.45, 2.75) is 31.6 Å². The molecule has 0 aliphatic heterocycles. The number of carbonyl (C=O) groups is 2. The van der Waals surface area contributed by atoms with Gasteiger partial charge in [-0.2, -0.15) is 0 Å². The Balaban J connectivity index is 1.21. The first-order valence-corrected chi connectivity index (χ1v) is 10.9. The highest BCUT2D eigenvalue weighted by Crippen LogP contribution is 2.48. The van der Waals surface area contributed by atoms with Crippen molar-refractivity contribution in [2.24, 2.45) is 5.92 Å². The number of rotatable bonds is 8. The summed E-state index contributed by atoms with van der Waals surface area (Å²) in [5, 5.41) is 2.18. The molecule has 2 aromatic carbocycles. The highest BCUT2D eigenvalue weighted by Gasteiger charge is 2.43. The molecule has 2 atom stereocenters. The number of aryl methyl sites for hydroxylation is 1. The SMILES string of the molecule is O=C(CCc1ncccn1)c1cccc([C@@H]2C[C@H]2C(=O)Cc2ccc3cnccc3c2)c1. The average Bonchev–Trinajstić information content (AvgIpc) is 3.65. The third-order valence-electron chi connectivity index (χ3n) is 6.12. The Hall–Kier alpha value is -3.73. The van der Waals surface area contributed by atoms with Crippen LogP contribution in [0.1, 0.15) is 46.1 Å². The molecule has 0 N–H and O–H groups in total. The van der Waals surface area contributed by atoms with Crippen molar-refractivity contribution >= 4 is 22.3 Å². The smallest absolute Gasteiger partial charge is 0.163 e. The van der Waals surface area contributed by atoms with E-state index in [2.05, 4.69) is 21.0 Å². The summed E-state index contributed by atoms with van der Waals surface area (Å²) >= 11 is 0. The largest absolute Gasteiger partial charge is 0.299 e. The molecule has 5 nitrogen and oxygen atoms in total. The molecule has 1 saturated carbocycles. The van der Waals surface area contributed by atoms with Crippen molar-refractivity contribution in [3.63, 3.8) is 0 Å². The van der Waals surface area contributed by atoms with E-state index < -0.39 is 0 Å². The second kappa shape index (κ2) is 8.79. The van der Waals surface area contributed by atoms with Gasteiger partial charge in [-0.1, -0.05) is 36.4 Å². The lowest BCUT2D eigenvalue weighted by Crippen LogP contribution is -2.07. The zero-order valence-corrected chi connectivity index (χ0v) is 17.6. The van der Waals surface area contributed by atoms with Crippen LogP contribution in [0.25, 0.3) is 10.8 Å². The minimum atomic E-state index is 0.0335. The summed E-state index contributed by atoms with van der Waals surface area (Å²) < 4.78 is 0. The van der Waals surface area contributed by atoms with Crippen LogP contribution in [0.15, 0.2) is 79.4 Å². The normalized spacial score (nSPS) is 17.2. The second-order valence-electron chi connectivity index (χ2n) is 8.36. The van der Waals surface area contributed by atoms with E-state index in [0.717, 1.165) is 28.3 Å². The Morgan fingerprint density at radius 3 is 2.66 bits per heavy atom. The van der Waals surface area contributed by atoms with Gasteiger partial charge in [0.2, 0.25) is 0 Å². The van der Waals surface area contributed by atoms with E-state index in [1.807, 2.05) is 48.7 Å². The van der Waals surface area contributed by atoms with Gasteiger partial charge in [0, 0.05) is 60.9 Å². The van der Waals surface area contributed by atoms with Crippen molar-refractivity contribution < 1.29 is 9.59 Å². The molecule has 2 aromatic heterocycles. The summed E-state index contributed by atoms with van der Waals surface area (Å²) in [6.45, 7) is 0. The predicted octanol–water partition coefficient (Wildman–Crippen LogP) is 4.76. The minimum absolute atomic E-state index is 0.0335. The zero-order chi connectivity index (χ0) is 21.9. The molecule has 0 radical (unpaired) electrons. The van der Waals surface area contributed by atoms with Crippen molar-refractivity contribution in [1.29, 1.82) is 0 Å². The van der Waals surface area contributed by atoms with Crippen molar-refractivity contribution in [1.82, 2.24) is 15.0 Å². The van der Waals surface area contributed by atoms with Gasteiger partial charge in [0.25, 0.3) is 0 Å². The van der Waals surface area contributed by atoms with E-state index in [1.165, 1.54) is 0 Å². The van der Waals surface area contributed by atoms with E-state index in [1.54, 1.807) is 24.7 Å². The Labute approximate surface area is 186 Å². The van der Waals surface area contributed by atoms with Gasteiger partial charge in [-0.25, -0.2) is 9.97 Å². The fourth-order valence-electron chi connectivity index (χ4n) is 4.27. The van der Waals surface area contributed by atoms with E-state index in [-0.39, 0.29) is 23.4 Å². The Morgan fingerprint density at radius 2 is 1.78 bits per heavy atom. The molecule has 0 saturated heterocycles. The molecule has 158 valence electrons. The number of ketones is 2. The predicted molar refractivity (Wildman–Crippen MR) is 122 cm³/mol. The maximum atomic E-state index is 12.9. The van der Waals surface area contributed by atoms with Crippen LogP contribution >= 0.6 is 0 Å². The highest BCUT2D eigenvalue weighted by molar-refractivity contribution is 5.96. The number of pyridine rings is 1. The topological polar surface area (TPSA) is 72.8 Å². The summed E-state index contributed by atoms with van der Waals surface area (Å²) in [6.07, 6.45) is 9.17. The van der Waals surface area contributed by atoms with Gasteiger partial charge < -0.3 is 0 Å². The fourth-order valence-corrected chi connectivity index (χ4v) is 4.27. The van der Waals surface area contributed by atoms with Crippen LogP contribution in [0.3, 0.4) is 0 Å². The van der Waals surface area contributed by atoms with Gasteiger partial charge in [-0.15, -0.1) is 0 Å². The highest BCUT2D eigenvalue weighted by atomic mass is 16.1. The van der Waals surface area contributed by atoms with Crippen LogP contribution < -0.4 is 0 Å². The Morgan fingerprint density at radius 1 is 0.906 bits per heavy atom. The Bertz CT molecular complexity index is 1290. The van der Waals surface area contributed by atoms with Crippen LogP contribution in [0.4, 0.5) is 0 Å². The van der Waals surface area contributed by atoms with Crippen LogP contribution in [-0.2, 0) is 17.6 Å². The summed E-state index contributed by atoms with van der Waals surface area (Å²) in [4.78, 5) is 38.0. The monoisotopic (exact) mass is 421 g/mol. The van der Waals surface area contributed by atoms with Gasteiger partial charge >= 0.3 is 0 Å². The maximum Gasteiger partial charge on any atom is 0.163 e. The number of hydrogen-bond acceptors (Lipinski definition) is 5. The summed E-state index contributed by atoms with van der Waals surface area (Å²) in [5.41, 5.74) is 2.81. The summed E-state index contributed by atoms with van der Waals surface area (Å²) in [7, 11) is 0. The zero-order valence-electron chi connectivity index (χ0n) is 17.6. The lowest BCUT2D eigenvalue weighted by Gasteiger charge is -2.06. The lowest BCUT2D eigenvalue weighted by molar-refractivity contribution is -0.119. The molecule has 32 heavy (non-hydrogen) atoms. The third-order valence-corrected chi connectivity index (χ3v) is 6.12. The quantitative estimate of drug-likeness (QED) is 0.384. The molecule has 0 spiro atoms. The molecule has 0 unspecified atom stereocenters. The number of nitrogens with zero attached hydrogens (tertiary/aromatic N) is 3. The first-order valence-electron chi connectivity index (χ1n) is 10.9. The van der Waals surface area contributed by atoms with Crippen LogP contribution in [-0.4, -0.2) is 26.5 Å². The van der Waals surface area contributed by atoms with Gasteiger partial charge in [-0.3, -0.25) is 14.6 Å². The molecule has 0 bridgehead atoms. The number of benzene rings is 2. The number of hydrogen-bond donors (Lipinski definition) is 0. The molecule has 2 heterocycles. The number of aromatic nitrogens is 3. The van der Waals surface area contributed by atoms with E-state index >= 15 is 0 Å². The Kier molecular flexibility index (Phi) is 5.55. The van der Waals surface area contributed by atoms with E-state index in [9.17, 15) is 9.59 Å². The maximum absolute atomic E-state index is 12.9. The minimum Gasteiger partial charge on any atom is -0.299 e. The van der Waals surface area contributed by atoms with Crippen LogP contribution in [0.5, 0.6) is 0 Å². The molecular formula is C27H23N3O2. The molecule has 1 fully saturated rings. The van der Waals surface area contributed by atoms with Crippen LogP contribution in [0.2, 0.25) is 0 Å². The van der Waals surface area contributed by atoms with Gasteiger partial charge in [-0.05, 0) is 47.1 Å². The number of fused-ring (bicyclic) bond motifs is 1. The molecule has 1 aliphatic rings. The summed E-state index contributed by atoms with van der Waals surface area (Å²) in [5.74, 6) is 1.26. The third kappa shape index (κ3) is 4.47. The molecule has 5 heteroatoms. The van der Waals surface area contributed by atoms with Crippen molar-refractivity contribution in [3.8, 4) is 0 Å². The molecule has 5 rings (SSSR count). The van der Waals surface area contributed by atoms with Gasteiger partial charge in [0.05, 0.1) is 0 Å². The molecular weight excluding hydrogens is 398 g/mol. The van der Waals surface area contributed by atoms with E-state index in [4.69, 9.17) is 0 Å². The first kappa shape index (κ1) is 20.2. The first-order chi connectivity index (χ1) is 15.7.